The molecule has 2 aliphatic heterocycles. The van der Waals surface area contributed by atoms with Crippen LogP contribution in [0.5, 0.6) is 0 Å². The molecule has 0 spiro atoms. The summed E-state index contributed by atoms with van der Waals surface area (Å²) in [6.45, 7) is -1.44. The van der Waals surface area contributed by atoms with Crippen molar-refractivity contribution < 1.29 is 22.8 Å². The summed E-state index contributed by atoms with van der Waals surface area (Å²) in [6, 6.07) is 3.73. The molecule has 0 radical (unpaired) electrons. The molecule has 1 aromatic heterocycles. The first-order valence-corrected chi connectivity index (χ1v) is 6.71. The van der Waals surface area contributed by atoms with Crippen LogP contribution in [0.3, 0.4) is 0 Å². The maximum atomic E-state index is 12.4. The van der Waals surface area contributed by atoms with Crippen LogP contribution in [0.15, 0.2) is 23.1 Å². The number of nitriles is 1. The maximum Gasteiger partial charge on any atom is 0.406 e. The highest BCUT2D eigenvalue weighted by Crippen LogP contribution is 2.40. The van der Waals surface area contributed by atoms with Crippen LogP contribution in [0.25, 0.3) is 0 Å². The SMILES string of the molecule is N#CC1C2CC(C(=O)Nc3ccc(=O)n(CC(F)(F)F)c3)ON12. The fourth-order valence-electron chi connectivity index (χ4n) is 2.49. The number of hydroxylamine groups is 2. The molecule has 2 fully saturated rings. The molecule has 3 heterocycles. The number of aromatic nitrogens is 1. The van der Waals surface area contributed by atoms with Crippen molar-refractivity contribution in [2.24, 2.45) is 0 Å². The van der Waals surface area contributed by atoms with E-state index in [4.69, 9.17) is 10.1 Å². The zero-order chi connectivity index (χ0) is 16.8. The monoisotopic (exact) mass is 328 g/mol. The third kappa shape index (κ3) is 3.20. The Labute approximate surface area is 127 Å². The van der Waals surface area contributed by atoms with Gasteiger partial charge in [0.05, 0.1) is 17.8 Å². The standard InChI is InChI=1S/C13H11F3N4O3/c14-13(15,16)6-19-5-7(1-2-11(19)21)18-12(22)10-3-8-9(4-17)20(8)23-10/h1-2,5,8-10H,3,6H2,(H,18,22). The molecule has 0 saturated carbocycles. The summed E-state index contributed by atoms with van der Waals surface area (Å²) >= 11 is 0. The number of nitrogens with one attached hydrogen (secondary N) is 1. The molecule has 0 bridgehead atoms. The van der Waals surface area contributed by atoms with Crippen LogP contribution in [-0.2, 0) is 16.2 Å². The molecule has 1 aromatic rings. The Morgan fingerprint density at radius 2 is 2.22 bits per heavy atom. The van der Waals surface area contributed by atoms with Crippen molar-refractivity contribution >= 4 is 11.6 Å². The number of pyridine rings is 1. The van der Waals surface area contributed by atoms with Crippen molar-refractivity contribution in [1.82, 2.24) is 9.63 Å². The van der Waals surface area contributed by atoms with Crippen LogP contribution in [0.4, 0.5) is 18.9 Å². The first-order valence-electron chi connectivity index (χ1n) is 6.71. The highest BCUT2D eigenvalue weighted by atomic mass is 19.4. The van der Waals surface area contributed by atoms with Gasteiger partial charge in [0.25, 0.3) is 11.5 Å². The number of nitrogens with zero attached hydrogens (tertiary/aromatic N) is 3. The minimum Gasteiger partial charge on any atom is -0.322 e. The van der Waals surface area contributed by atoms with Gasteiger partial charge in [0.2, 0.25) is 0 Å². The van der Waals surface area contributed by atoms with Crippen molar-refractivity contribution in [2.45, 2.75) is 37.3 Å². The molecular weight excluding hydrogens is 317 g/mol. The molecule has 0 aromatic carbocycles. The zero-order valence-corrected chi connectivity index (χ0v) is 11.6. The Bertz CT molecular complexity index is 727. The van der Waals surface area contributed by atoms with E-state index >= 15 is 0 Å². The number of hydrogen-bond donors (Lipinski definition) is 1. The van der Waals surface area contributed by atoms with E-state index < -0.39 is 30.3 Å². The number of carbonyl (C=O) groups excluding carboxylic acids is 1. The number of hydrogen-bond acceptors (Lipinski definition) is 5. The second kappa shape index (κ2) is 5.36. The third-order valence-corrected chi connectivity index (χ3v) is 3.61. The Balaban J connectivity index is 1.65. The molecule has 4 atom stereocenters. The quantitative estimate of drug-likeness (QED) is 0.823. The molecule has 10 heteroatoms. The third-order valence-electron chi connectivity index (χ3n) is 3.61. The summed E-state index contributed by atoms with van der Waals surface area (Å²) in [7, 11) is 0. The van der Waals surface area contributed by atoms with Gasteiger partial charge in [-0.15, -0.1) is 0 Å². The molecule has 1 N–H and O–H groups in total. The fraction of sp³-hybridized carbons (Fsp3) is 0.462. The summed E-state index contributed by atoms with van der Waals surface area (Å²) in [5, 5.41) is 12.5. The van der Waals surface area contributed by atoms with Gasteiger partial charge in [-0.1, -0.05) is 0 Å². The Morgan fingerprint density at radius 3 is 2.78 bits per heavy atom. The Hall–Kier alpha value is -2.38. The first kappa shape index (κ1) is 15.5. The number of carbonyl (C=O) groups is 1. The normalized spacial score (nSPS) is 28.8. The summed E-state index contributed by atoms with van der Waals surface area (Å²) < 4.78 is 37.6. The Morgan fingerprint density at radius 1 is 1.48 bits per heavy atom. The van der Waals surface area contributed by atoms with Crippen molar-refractivity contribution in [3.8, 4) is 6.07 Å². The summed E-state index contributed by atoms with van der Waals surface area (Å²) in [5.74, 6) is -0.536. The molecule has 2 saturated heterocycles. The van der Waals surface area contributed by atoms with Gasteiger partial charge >= 0.3 is 6.18 Å². The molecule has 3 rings (SSSR count). The summed E-state index contributed by atoms with van der Waals surface area (Å²) in [5.41, 5.74) is -0.753. The van der Waals surface area contributed by atoms with Gasteiger partial charge in [-0.05, 0) is 6.07 Å². The van der Waals surface area contributed by atoms with Crippen molar-refractivity contribution in [3.63, 3.8) is 0 Å². The van der Waals surface area contributed by atoms with Gasteiger partial charge in [-0.25, -0.2) is 0 Å². The maximum absolute atomic E-state index is 12.4. The van der Waals surface area contributed by atoms with E-state index in [9.17, 15) is 22.8 Å². The lowest BCUT2D eigenvalue weighted by molar-refractivity contribution is -0.141. The van der Waals surface area contributed by atoms with Gasteiger partial charge in [-0.2, -0.15) is 23.5 Å². The lowest BCUT2D eigenvalue weighted by atomic mass is 10.1. The van der Waals surface area contributed by atoms with Crippen LogP contribution in [0, 0.1) is 11.3 Å². The van der Waals surface area contributed by atoms with Gasteiger partial charge in [-0.3, -0.25) is 14.4 Å². The van der Waals surface area contributed by atoms with E-state index in [0.29, 0.717) is 11.0 Å². The number of rotatable bonds is 3. The average molecular weight is 328 g/mol. The lowest BCUT2D eigenvalue weighted by Crippen LogP contribution is -2.32. The van der Waals surface area contributed by atoms with Crippen LogP contribution in [0.2, 0.25) is 0 Å². The number of halogens is 3. The molecule has 4 unspecified atom stereocenters. The topological polar surface area (TPSA) is 87.1 Å². The number of alkyl halides is 3. The highest BCUT2D eigenvalue weighted by Gasteiger charge is 2.58. The molecule has 23 heavy (non-hydrogen) atoms. The predicted molar refractivity (Wildman–Crippen MR) is 69.9 cm³/mol. The van der Waals surface area contributed by atoms with E-state index in [1.54, 1.807) is 0 Å². The van der Waals surface area contributed by atoms with Gasteiger partial charge < -0.3 is 9.88 Å². The van der Waals surface area contributed by atoms with Crippen molar-refractivity contribution in [2.75, 3.05) is 5.32 Å². The van der Waals surface area contributed by atoms with Crippen LogP contribution in [0.1, 0.15) is 6.42 Å². The molecule has 1 amide bonds. The lowest BCUT2D eigenvalue weighted by Gasteiger charge is -2.14. The van der Waals surface area contributed by atoms with E-state index in [1.807, 2.05) is 6.07 Å². The highest BCUT2D eigenvalue weighted by molar-refractivity contribution is 5.94. The van der Waals surface area contributed by atoms with E-state index in [-0.39, 0.29) is 17.8 Å². The van der Waals surface area contributed by atoms with Crippen LogP contribution in [-0.4, -0.2) is 39.9 Å². The zero-order valence-electron chi connectivity index (χ0n) is 11.6. The van der Waals surface area contributed by atoms with Crippen molar-refractivity contribution in [3.05, 3.63) is 28.7 Å². The van der Waals surface area contributed by atoms with E-state index in [2.05, 4.69) is 5.32 Å². The predicted octanol–water partition coefficient (Wildman–Crippen LogP) is 0.629. The van der Waals surface area contributed by atoms with Crippen LogP contribution >= 0.6 is 0 Å². The molecule has 7 nitrogen and oxygen atoms in total. The second-order valence-electron chi connectivity index (χ2n) is 5.32. The molecular formula is C13H11F3N4O3. The molecule has 0 aliphatic carbocycles. The summed E-state index contributed by atoms with van der Waals surface area (Å²) in [4.78, 5) is 28.7. The van der Waals surface area contributed by atoms with Gasteiger partial charge in [0, 0.05) is 18.7 Å². The molecule has 2 aliphatic rings. The van der Waals surface area contributed by atoms with Gasteiger partial charge in [0.1, 0.15) is 12.6 Å². The number of anilines is 1. The number of fused-ring (bicyclic) bond motifs is 1. The van der Waals surface area contributed by atoms with Gasteiger partial charge in [0.15, 0.2) is 6.10 Å². The smallest absolute Gasteiger partial charge is 0.322 e. The summed E-state index contributed by atoms with van der Waals surface area (Å²) in [6.07, 6.45) is -4.07. The first-order chi connectivity index (χ1) is 10.8. The second-order valence-corrected chi connectivity index (χ2v) is 5.32. The van der Waals surface area contributed by atoms with Crippen LogP contribution < -0.4 is 10.9 Å². The average Bonchev–Trinajstić information content (AvgIpc) is 2.92. The van der Waals surface area contributed by atoms with E-state index in [0.717, 1.165) is 12.3 Å². The number of amides is 1. The molecule has 122 valence electrons. The largest absolute Gasteiger partial charge is 0.406 e. The van der Waals surface area contributed by atoms with E-state index in [1.165, 1.54) is 11.1 Å². The Kier molecular flexibility index (Phi) is 3.62. The fourth-order valence-corrected chi connectivity index (χ4v) is 2.49. The minimum absolute atomic E-state index is 0.0647. The minimum atomic E-state index is -4.54. The van der Waals surface area contributed by atoms with Crippen molar-refractivity contribution in [1.29, 1.82) is 5.26 Å².